The van der Waals surface area contributed by atoms with Crippen LogP contribution in [0.1, 0.15) is 46.0 Å². The van der Waals surface area contributed by atoms with E-state index in [-0.39, 0.29) is 5.91 Å². The second-order valence-corrected chi connectivity index (χ2v) is 4.24. The number of esters is 1. The fraction of sp³-hybridized carbons (Fsp3) is 0.833. The van der Waals surface area contributed by atoms with E-state index in [2.05, 4.69) is 17.0 Å². The molecular formula is C12H24N2O3. The van der Waals surface area contributed by atoms with Crippen molar-refractivity contribution in [3.8, 4) is 0 Å². The molecule has 0 unspecified atom stereocenters. The molecular weight excluding hydrogens is 220 g/mol. The largest absolute Gasteiger partial charge is 0.467 e. The summed E-state index contributed by atoms with van der Waals surface area (Å²) in [6.45, 7) is 3.78. The maximum absolute atomic E-state index is 11.6. The zero-order valence-corrected chi connectivity index (χ0v) is 11.0. The predicted octanol–water partition coefficient (Wildman–Crippen LogP) is 0.962. The molecule has 17 heavy (non-hydrogen) atoms. The number of hydrogen-bond acceptors (Lipinski definition) is 4. The summed E-state index contributed by atoms with van der Waals surface area (Å²) in [5.74, 6) is -0.643. The van der Waals surface area contributed by atoms with Gasteiger partial charge in [-0.05, 0) is 13.3 Å². The average molecular weight is 244 g/mol. The zero-order chi connectivity index (χ0) is 13.3. The van der Waals surface area contributed by atoms with Gasteiger partial charge in [-0.2, -0.15) is 0 Å². The molecule has 0 radical (unpaired) electrons. The van der Waals surface area contributed by atoms with Crippen LogP contribution in [0.2, 0.25) is 0 Å². The number of carbonyl (C=O) groups excluding carboxylic acids is 2. The maximum Gasteiger partial charge on any atom is 0.329 e. The first-order valence-corrected chi connectivity index (χ1v) is 6.15. The fourth-order valence-electron chi connectivity index (χ4n) is 1.49. The van der Waals surface area contributed by atoms with E-state index in [1.54, 1.807) is 6.92 Å². The smallest absolute Gasteiger partial charge is 0.329 e. The van der Waals surface area contributed by atoms with Gasteiger partial charge in [0.15, 0.2) is 0 Å². The lowest BCUT2D eigenvalue weighted by Gasteiger charge is -2.19. The first kappa shape index (κ1) is 15.9. The third-order valence-electron chi connectivity index (χ3n) is 2.55. The van der Waals surface area contributed by atoms with E-state index in [4.69, 9.17) is 5.73 Å². The van der Waals surface area contributed by atoms with E-state index in [9.17, 15) is 9.59 Å². The molecule has 0 spiro atoms. The molecule has 0 bridgehead atoms. The highest BCUT2D eigenvalue weighted by atomic mass is 16.5. The van der Waals surface area contributed by atoms with Gasteiger partial charge in [-0.25, -0.2) is 4.79 Å². The summed E-state index contributed by atoms with van der Waals surface area (Å²) in [6, 6.07) is -1.21. The van der Waals surface area contributed by atoms with Gasteiger partial charge in [-0.3, -0.25) is 4.79 Å². The summed E-state index contributed by atoms with van der Waals surface area (Å²) >= 11 is 0. The number of rotatable bonds is 8. The Morgan fingerprint density at radius 3 is 2.41 bits per heavy atom. The average Bonchev–Trinajstić information content (AvgIpc) is 2.30. The molecule has 5 nitrogen and oxygen atoms in total. The first-order chi connectivity index (χ1) is 8.02. The number of nitrogens with two attached hydrogens (primary N) is 1. The van der Waals surface area contributed by atoms with Crippen LogP contribution in [0.4, 0.5) is 0 Å². The second-order valence-electron chi connectivity index (χ2n) is 4.24. The Morgan fingerprint density at radius 2 is 1.94 bits per heavy atom. The third-order valence-corrected chi connectivity index (χ3v) is 2.55. The molecule has 0 rings (SSSR count). The lowest BCUT2D eigenvalue weighted by atomic mass is 10.1. The van der Waals surface area contributed by atoms with Crippen LogP contribution in [0.5, 0.6) is 0 Å². The number of amides is 1. The Kier molecular flexibility index (Phi) is 8.40. The minimum atomic E-state index is -0.751. The molecule has 0 aromatic carbocycles. The lowest BCUT2D eigenvalue weighted by Crippen LogP contribution is -2.51. The predicted molar refractivity (Wildman–Crippen MR) is 66.4 cm³/mol. The highest BCUT2D eigenvalue weighted by Gasteiger charge is 2.24. The van der Waals surface area contributed by atoms with Gasteiger partial charge < -0.3 is 15.8 Å². The zero-order valence-electron chi connectivity index (χ0n) is 11.0. The Labute approximate surface area is 103 Å². The van der Waals surface area contributed by atoms with Crippen molar-refractivity contribution >= 4 is 11.9 Å². The molecule has 0 saturated carbocycles. The summed E-state index contributed by atoms with van der Waals surface area (Å²) in [4.78, 5) is 22.9. The molecule has 100 valence electrons. The number of unbranched alkanes of at least 4 members (excludes halogenated alkanes) is 3. The minimum Gasteiger partial charge on any atom is -0.467 e. The van der Waals surface area contributed by atoms with Crippen molar-refractivity contribution in [2.75, 3.05) is 7.11 Å². The van der Waals surface area contributed by atoms with Crippen molar-refractivity contribution in [3.63, 3.8) is 0 Å². The Balaban J connectivity index is 4.00. The molecule has 3 N–H and O–H groups in total. The van der Waals surface area contributed by atoms with Gasteiger partial charge in [0.25, 0.3) is 0 Å². The van der Waals surface area contributed by atoms with Crippen molar-refractivity contribution in [3.05, 3.63) is 0 Å². The van der Waals surface area contributed by atoms with Crippen LogP contribution in [0.3, 0.4) is 0 Å². The molecule has 0 aliphatic carbocycles. The summed E-state index contributed by atoms with van der Waals surface area (Å²) < 4.78 is 4.58. The van der Waals surface area contributed by atoms with Crippen LogP contribution in [-0.4, -0.2) is 31.1 Å². The summed E-state index contributed by atoms with van der Waals surface area (Å²) in [6.07, 6.45) is 4.56. The molecule has 2 atom stereocenters. The topological polar surface area (TPSA) is 81.4 Å². The molecule has 5 heteroatoms. The maximum atomic E-state index is 11.6. The standard InChI is InChI=1S/C12H24N2O3/c1-4-5-6-7-8-10(15)14-11(9(2)13)12(16)17-3/h9,11H,4-8,13H2,1-3H3,(H,14,15)/t9-,11-/m1/s1. The lowest BCUT2D eigenvalue weighted by molar-refractivity contribution is -0.145. The van der Waals surface area contributed by atoms with Crippen LogP contribution >= 0.6 is 0 Å². The van der Waals surface area contributed by atoms with Gasteiger partial charge in [0.05, 0.1) is 7.11 Å². The van der Waals surface area contributed by atoms with Crippen molar-refractivity contribution in [2.45, 2.75) is 58.0 Å². The van der Waals surface area contributed by atoms with Crippen LogP contribution in [0, 0.1) is 0 Å². The first-order valence-electron chi connectivity index (χ1n) is 6.15. The third kappa shape index (κ3) is 6.94. The van der Waals surface area contributed by atoms with Gasteiger partial charge in [-0.1, -0.05) is 26.2 Å². The van der Waals surface area contributed by atoms with Gasteiger partial charge in [-0.15, -0.1) is 0 Å². The highest BCUT2D eigenvalue weighted by Crippen LogP contribution is 2.03. The van der Waals surface area contributed by atoms with E-state index in [1.165, 1.54) is 7.11 Å². The van der Waals surface area contributed by atoms with Crippen molar-refractivity contribution < 1.29 is 14.3 Å². The van der Waals surface area contributed by atoms with Crippen molar-refractivity contribution in [2.24, 2.45) is 5.73 Å². The normalized spacial score (nSPS) is 13.9. The quantitative estimate of drug-likeness (QED) is 0.492. The van der Waals surface area contributed by atoms with Gasteiger partial charge in [0.1, 0.15) is 6.04 Å². The van der Waals surface area contributed by atoms with E-state index in [0.717, 1.165) is 25.7 Å². The van der Waals surface area contributed by atoms with Crippen molar-refractivity contribution in [1.82, 2.24) is 5.32 Å². The van der Waals surface area contributed by atoms with Gasteiger partial charge in [0, 0.05) is 12.5 Å². The molecule has 1 amide bonds. The Bertz CT molecular complexity index is 242. The monoisotopic (exact) mass is 244 g/mol. The van der Waals surface area contributed by atoms with Crippen LogP contribution < -0.4 is 11.1 Å². The molecule has 0 aliphatic heterocycles. The number of methoxy groups -OCH3 is 1. The number of ether oxygens (including phenoxy) is 1. The number of carbonyl (C=O) groups is 2. The van der Waals surface area contributed by atoms with Crippen LogP contribution in [0.15, 0.2) is 0 Å². The van der Waals surface area contributed by atoms with Gasteiger partial charge >= 0.3 is 5.97 Å². The molecule has 0 aliphatic rings. The molecule has 0 saturated heterocycles. The van der Waals surface area contributed by atoms with E-state index in [1.807, 2.05) is 0 Å². The van der Waals surface area contributed by atoms with E-state index >= 15 is 0 Å². The van der Waals surface area contributed by atoms with Gasteiger partial charge in [0.2, 0.25) is 5.91 Å². The molecule has 0 aromatic heterocycles. The molecule has 0 heterocycles. The number of nitrogens with one attached hydrogen (secondary N) is 1. The van der Waals surface area contributed by atoms with Crippen LogP contribution in [-0.2, 0) is 14.3 Å². The van der Waals surface area contributed by atoms with Crippen molar-refractivity contribution in [1.29, 1.82) is 0 Å². The van der Waals surface area contributed by atoms with Crippen LogP contribution in [0.25, 0.3) is 0 Å². The minimum absolute atomic E-state index is 0.145. The fourth-order valence-corrected chi connectivity index (χ4v) is 1.49. The summed E-state index contributed by atoms with van der Waals surface area (Å²) in [5.41, 5.74) is 5.62. The SMILES string of the molecule is CCCCCCC(=O)N[C@@H](C(=O)OC)[C@@H](C)N. The summed E-state index contributed by atoms with van der Waals surface area (Å²) in [7, 11) is 1.28. The Morgan fingerprint density at radius 1 is 1.29 bits per heavy atom. The molecule has 0 fully saturated rings. The second kappa shape index (κ2) is 8.98. The summed E-state index contributed by atoms with van der Waals surface area (Å²) in [5, 5.41) is 2.61. The number of hydrogen-bond donors (Lipinski definition) is 2. The molecule has 0 aromatic rings. The van der Waals surface area contributed by atoms with E-state index in [0.29, 0.717) is 6.42 Å². The van der Waals surface area contributed by atoms with E-state index < -0.39 is 18.1 Å². The highest BCUT2D eigenvalue weighted by molar-refractivity contribution is 5.84. The Hall–Kier alpha value is -1.10.